The van der Waals surface area contributed by atoms with E-state index in [9.17, 15) is 18.8 Å². The molecule has 8 heteroatoms. The number of allylic oxidation sites excluding steroid dienone is 1. The molecule has 1 aromatic carbocycles. The van der Waals surface area contributed by atoms with Crippen molar-refractivity contribution in [2.45, 2.75) is 57.6 Å². The Bertz CT molecular complexity index is 933. The number of carbonyl (C=O) groups excluding carboxylic acids is 3. The van der Waals surface area contributed by atoms with Crippen molar-refractivity contribution in [3.8, 4) is 0 Å². The number of benzene rings is 1. The zero-order valence-corrected chi connectivity index (χ0v) is 19.3. The number of piperidine rings is 1. The summed E-state index contributed by atoms with van der Waals surface area (Å²) < 4.78 is 19.2. The summed E-state index contributed by atoms with van der Waals surface area (Å²) in [6, 6.07) is 5.66. The molecule has 1 N–H and O–H groups in total. The van der Waals surface area contributed by atoms with Gasteiger partial charge in [-0.1, -0.05) is 18.2 Å². The fourth-order valence-corrected chi connectivity index (χ4v) is 5.22. The number of hydrogen-bond acceptors (Lipinski definition) is 4. The van der Waals surface area contributed by atoms with Crippen LogP contribution in [0.3, 0.4) is 0 Å². The molecule has 4 rings (SSSR count). The van der Waals surface area contributed by atoms with Crippen LogP contribution in [0.4, 0.5) is 9.18 Å². The summed E-state index contributed by atoms with van der Waals surface area (Å²) in [6.07, 6.45) is 4.90. The summed E-state index contributed by atoms with van der Waals surface area (Å²) in [5.74, 6) is -0.726. The van der Waals surface area contributed by atoms with Gasteiger partial charge in [0.15, 0.2) is 0 Å². The van der Waals surface area contributed by atoms with Gasteiger partial charge in [0.05, 0.1) is 12.6 Å². The molecule has 0 radical (unpaired) electrons. The molecule has 0 spiro atoms. The van der Waals surface area contributed by atoms with Gasteiger partial charge in [0, 0.05) is 31.7 Å². The van der Waals surface area contributed by atoms with E-state index in [1.807, 2.05) is 11.8 Å². The molecule has 4 amide bonds. The van der Waals surface area contributed by atoms with E-state index in [1.165, 1.54) is 17.0 Å². The van der Waals surface area contributed by atoms with Crippen LogP contribution >= 0.6 is 0 Å². The molecule has 7 nitrogen and oxygen atoms in total. The Balaban J connectivity index is 1.57. The third-order valence-corrected chi connectivity index (χ3v) is 7.26. The third kappa shape index (κ3) is 4.67. The summed E-state index contributed by atoms with van der Waals surface area (Å²) in [4.78, 5) is 42.5. The third-order valence-electron chi connectivity index (χ3n) is 7.26. The van der Waals surface area contributed by atoms with Gasteiger partial charge in [0.25, 0.3) is 5.91 Å². The van der Waals surface area contributed by atoms with Crippen LogP contribution in [0.5, 0.6) is 0 Å². The van der Waals surface area contributed by atoms with Crippen molar-refractivity contribution in [3.63, 3.8) is 0 Å². The van der Waals surface area contributed by atoms with Crippen LogP contribution in [-0.2, 0) is 20.7 Å². The Kier molecular flexibility index (Phi) is 6.83. The lowest BCUT2D eigenvalue weighted by Crippen LogP contribution is -2.58. The van der Waals surface area contributed by atoms with Crippen molar-refractivity contribution in [1.82, 2.24) is 15.1 Å². The molecule has 3 saturated heterocycles. The lowest BCUT2D eigenvalue weighted by Gasteiger charge is -2.41. The fraction of sp³-hybridized carbons (Fsp3) is 0.560. The summed E-state index contributed by atoms with van der Waals surface area (Å²) in [5, 5.41) is 3.03. The number of halogens is 1. The van der Waals surface area contributed by atoms with Gasteiger partial charge in [-0.15, -0.1) is 0 Å². The maximum atomic E-state index is 13.8. The highest BCUT2D eigenvalue weighted by molar-refractivity contribution is 6.07. The Labute approximate surface area is 193 Å². The molecule has 33 heavy (non-hydrogen) atoms. The molecule has 0 aromatic heterocycles. The van der Waals surface area contributed by atoms with Crippen LogP contribution in [-0.4, -0.2) is 65.5 Å². The van der Waals surface area contributed by atoms with Crippen molar-refractivity contribution < 1.29 is 23.5 Å². The smallest absolute Gasteiger partial charge is 0.325 e. The number of carbonyl (C=O) groups is 3. The molecule has 178 valence electrons. The minimum absolute atomic E-state index is 0.00493. The van der Waals surface area contributed by atoms with E-state index in [1.54, 1.807) is 25.1 Å². The van der Waals surface area contributed by atoms with Crippen LogP contribution in [0.15, 0.2) is 35.9 Å². The van der Waals surface area contributed by atoms with E-state index in [0.29, 0.717) is 38.1 Å². The van der Waals surface area contributed by atoms with Gasteiger partial charge in [0.2, 0.25) is 5.91 Å². The van der Waals surface area contributed by atoms with Crippen molar-refractivity contribution in [2.24, 2.45) is 5.92 Å². The van der Waals surface area contributed by atoms with E-state index in [0.717, 1.165) is 18.4 Å². The molecule has 3 aliphatic rings. The van der Waals surface area contributed by atoms with Gasteiger partial charge >= 0.3 is 6.03 Å². The molecule has 0 saturated carbocycles. The number of imide groups is 1. The second-order valence-electron chi connectivity index (χ2n) is 9.29. The van der Waals surface area contributed by atoms with Gasteiger partial charge in [-0.05, 0) is 63.1 Å². The van der Waals surface area contributed by atoms with Gasteiger partial charge in [-0.2, -0.15) is 0 Å². The SMILES string of the molecule is CC=C(C)C(=O)N1CCC(C2(Cc3ccc(F)cc3)NC(=O)N(CC3CCCO3)C2=O)CC1. The number of amides is 4. The molecule has 3 fully saturated rings. The topological polar surface area (TPSA) is 79.0 Å². The molecule has 3 aliphatic heterocycles. The molecule has 2 unspecified atom stereocenters. The minimum atomic E-state index is -1.11. The maximum Gasteiger partial charge on any atom is 0.325 e. The highest BCUT2D eigenvalue weighted by Gasteiger charge is 2.56. The van der Waals surface area contributed by atoms with E-state index >= 15 is 0 Å². The number of rotatable bonds is 6. The van der Waals surface area contributed by atoms with Gasteiger partial charge in [-0.3, -0.25) is 14.5 Å². The van der Waals surface area contributed by atoms with Crippen LogP contribution < -0.4 is 5.32 Å². The number of urea groups is 1. The van der Waals surface area contributed by atoms with Crippen molar-refractivity contribution in [3.05, 3.63) is 47.3 Å². The van der Waals surface area contributed by atoms with Crippen molar-refractivity contribution in [2.75, 3.05) is 26.2 Å². The van der Waals surface area contributed by atoms with Crippen molar-refractivity contribution in [1.29, 1.82) is 0 Å². The van der Waals surface area contributed by atoms with Crippen LogP contribution in [0.2, 0.25) is 0 Å². The molecule has 1 aromatic rings. The predicted octanol–water partition coefficient (Wildman–Crippen LogP) is 3.04. The van der Waals surface area contributed by atoms with E-state index in [-0.39, 0.29) is 42.6 Å². The van der Waals surface area contributed by atoms with Crippen molar-refractivity contribution >= 4 is 17.8 Å². The summed E-state index contributed by atoms with van der Waals surface area (Å²) in [5.41, 5.74) is 0.368. The average molecular weight is 458 g/mol. The number of hydrogen-bond donors (Lipinski definition) is 1. The van der Waals surface area contributed by atoms with Crippen LogP contribution in [0, 0.1) is 11.7 Å². The Morgan fingerprint density at radius 2 is 1.91 bits per heavy atom. The quantitative estimate of drug-likeness (QED) is 0.526. The minimum Gasteiger partial charge on any atom is -0.376 e. The lowest BCUT2D eigenvalue weighted by atomic mass is 9.73. The highest BCUT2D eigenvalue weighted by atomic mass is 19.1. The second kappa shape index (κ2) is 9.63. The first-order valence-corrected chi connectivity index (χ1v) is 11.8. The first-order valence-electron chi connectivity index (χ1n) is 11.8. The second-order valence-corrected chi connectivity index (χ2v) is 9.29. The Morgan fingerprint density at radius 1 is 1.21 bits per heavy atom. The molecule has 0 aliphatic carbocycles. The standard InChI is InChI=1S/C25H32FN3O4/c1-3-17(2)22(30)28-12-10-19(11-13-28)25(15-18-6-8-20(26)9-7-18)23(31)29(24(32)27-25)16-21-5-4-14-33-21/h3,6-9,19,21H,4-5,10-16H2,1-2H3,(H,27,32). The largest absolute Gasteiger partial charge is 0.376 e. The monoisotopic (exact) mass is 457 g/mol. The molecule has 0 bridgehead atoms. The first-order chi connectivity index (χ1) is 15.8. The fourth-order valence-electron chi connectivity index (χ4n) is 5.22. The molecule has 2 atom stereocenters. The van der Waals surface area contributed by atoms with E-state index < -0.39 is 11.6 Å². The van der Waals surface area contributed by atoms with Crippen LogP contribution in [0.1, 0.15) is 45.1 Å². The van der Waals surface area contributed by atoms with Gasteiger partial charge < -0.3 is 15.0 Å². The summed E-state index contributed by atoms with van der Waals surface area (Å²) in [7, 11) is 0. The number of ether oxygens (including phenoxy) is 1. The molecular weight excluding hydrogens is 425 g/mol. The molecule has 3 heterocycles. The zero-order valence-electron chi connectivity index (χ0n) is 19.3. The first kappa shape index (κ1) is 23.4. The normalized spacial score (nSPS) is 26.8. The lowest BCUT2D eigenvalue weighted by molar-refractivity contribution is -0.135. The summed E-state index contributed by atoms with van der Waals surface area (Å²) in [6.45, 7) is 5.57. The predicted molar refractivity (Wildman–Crippen MR) is 121 cm³/mol. The van der Waals surface area contributed by atoms with E-state index in [2.05, 4.69) is 5.32 Å². The average Bonchev–Trinajstić information content (AvgIpc) is 3.43. The Hall–Kier alpha value is -2.74. The van der Waals surface area contributed by atoms with E-state index in [4.69, 9.17) is 4.74 Å². The molecular formula is C25H32FN3O4. The van der Waals surface area contributed by atoms with Gasteiger partial charge in [-0.25, -0.2) is 9.18 Å². The number of likely N-dealkylation sites (tertiary alicyclic amines) is 1. The van der Waals surface area contributed by atoms with Crippen LogP contribution in [0.25, 0.3) is 0 Å². The zero-order chi connectivity index (χ0) is 23.6. The maximum absolute atomic E-state index is 13.8. The Morgan fingerprint density at radius 3 is 2.52 bits per heavy atom. The number of nitrogens with one attached hydrogen (secondary N) is 1. The highest BCUT2D eigenvalue weighted by Crippen LogP contribution is 2.37. The van der Waals surface area contributed by atoms with Gasteiger partial charge in [0.1, 0.15) is 11.4 Å². The number of nitrogens with zero attached hydrogens (tertiary/aromatic N) is 2. The summed E-state index contributed by atoms with van der Waals surface area (Å²) >= 11 is 0.